The molecule has 4 fully saturated rings. The highest BCUT2D eigenvalue weighted by molar-refractivity contribution is 5.85. The fraction of sp³-hybridized carbons (Fsp3) is 0.929. The molecule has 4 rings (SSSR count). The van der Waals surface area contributed by atoms with Gasteiger partial charge in [0.2, 0.25) is 0 Å². The van der Waals surface area contributed by atoms with E-state index in [0.717, 1.165) is 17.8 Å². The van der Waals surface area contributed by atoms with Crippen molar-refractivity contribution >= 4 is 18.4 Å². The molecule has 0 aromatic rings. The summed E-state index contributed by atoms with van der Waals surface area (Å²) < 4.78 is 0. The lowest BCUT2D eigenvalue weighted by atomic mass is 9.53. The molecule has 0 saturated heterocycles. The monoisotopic (exact) mass is 288 g/mol. The molecule has 4 aliphatic rings. The van der Waals surface area contributed by atoms with Gasteiger partial charge in [-0.2, -0.15) is 0 Å². The number of halogens is 1. The number of rotatable bonds is 5. The van der Waals surface area contributed by atoms with E-state index in [1.165, 1.54) is 38.5 Å². The summed E-state index contributed by atoms with van der Waals surface area (Å²) in [6.07, 6.45) is 8.58. The van der Waals surface area contributed by atoms with Crippen LogP contribution in [0, 0.1) is 17.8 Å². The fourth-order valence-electron chi connectivity index (χ4n) is 4.84. The van der Waals surface area contributed by atoms with Crippen molar-refractivity contribution in [1.82, 2.24) is 10.9 Å². The third-order valence-electron chi connectivity index (χ3n) is 5.26. The van der Waals surface area contributed by atoms with Crippen LogP contribution in [0.4, 0.5) is 0 Å². The van der Waals surface area contributed by atoms with Crippen LogP contribution in [0.3, 0.4) is 0 Å². The molecule has 4 nitrogen and oxygen atoms in total. The average molecular weight is 289 g/mol. The Bertz CT molecular complexity index is 313. The Morgan fingerprint density at radius 2 is 1.68 bits per heavy atom. The van der Waals surface area contributed by atoms with Crippen molar-refractivity contribution in [2.24, 2.45) is 17.8 Å². The van der Waals surface area contributed by atoms with Gasteiger partial charge in [0.15, 0.2) is 0 Å². The first-order chi connectivity index (χ1) is 8.60. The highest BCUT2D eigenvalue weighted by Gasteiger charge is 2.51. The minimum Gasteiger partial charge on any atom is -0.480 e. The third kappa shape index (κ3) is 2.91. The van der Waals surface area contributed by atoms with Gasteiger partial charge < -0.3 is 5.11 Å². The first kappa shape index (κ1) is 15.1. The van der Waals surface area contributed by atoms with Gasteiger partial charge in [0.05, 0.1) is 0 Å². The summed E-state index contributed by atoms with van der Waals surface area (Å²) in [5.41, 5.74) is 6.70. The molecular formula is C14H25ClN2O2. The maximum absolute atomic E-state index is 11.0. The summed E-state index contributed by atoms with van der Waals surface area (Å²) in [6, 6.07) is -0.460. The predicted octanol–water partition coefficient (Wildman–Crippen LogP) is 2.33. The molecule has 3 N–H and O–H groups in total. The van der Waals surface area contributed by atoms with Crippen molar-refractivity contribution < 1.29 is 9.90 Å². The number of nitrogens with one attached hydrogen (secondary N) is 2. The van der Waals surface area contributed by atoms with Crippen molar-refractivity contribution in [1.29, 1.82) is 0 Å². The van der Waals surface area contributed by atoms with Crippen molar-refractivity contribution in [3.63, 3.8) is 0 Å². The summed E-state index contributed by atoms with van der Waals surface area (Å²) in [5.74, 6) is 1.90. The van der Waals surface area contributed by atoms with Gasteiger partial charge in [0.25, 0.3) is 0 Å². The Morgan fingerprint density at radius 1 is 1.21 bits per heavy atom. The molecule has 0 heterocycles. The Hall–Kier alpha value is -0.320. The van der Waals surface area contributed by atoms with Gasteiger partial charge in [0, 0.05) is 5.54 Å². The Kier molecular flexibility index (Phi) is 4.43. The lowest BCUT2D eigenvalue weighted by Gasteiger charge is -2.57. The van der Waals surface area contributed by atoms with E-state index in [0.29, 0.717) is 6.42 Å². The van der Waals surface area contributed by atoms with Crippen LogP contribution in [0.1, 0.15) is 51.9 Å². The van der Waals surface area contributed by atoms with Gasteiger partial charge in [0.1, 0.15) is 6.04 Å². The first-order valence-corrected chi connectivity index (χ1v) is 7.36. The SMILES string of the molecule is CCC(NNC12CC3CC(CC(C3)C1)C2)C(=O)O.Cl. The molecular weight excluding hydrogens is 264 g/mol. The van der Waals surface area contributed by atoms with Crippen molar-refractivity contribution in [3.05, 3.63) is 0 Å². The second-order valence-electron chi connectivity index (χ2n) is 6.77. The lowest BCUT2D eigenvalue weighted by molar-refractivity contribution is -0.140. The normalized spacial score (nSPS) is 40.8. The molecule has 0 aromatic carbocycles. The second-order valence-corrected chi connectivity index (χ2v) is 6.77. The number of hydrazine groups is 1. The second kappa shape index (κ2) is 5.58. The van der Waals surface area contributed by atoms with E-state index in [1.54, 1.807) is 0 Å². The van der Waals surface area contributed by atoms with Crippen LogP contribution < -0.4 is 10.9 Å². The van der Waals surface area contributed by atoms with E-state index in [-0.39, 0.29) is 17.9 Å². The van der Waals surface area contributed by atoms with Crippen LogP contribution in [-0.2, 0) is 4.79 Å². The number of carboxylic acid groups (broad SMARTS) is 1. The largest absolute Gasteiger partial charge is 0.480 e. The van der Waals surface area contributed by atoms with Crippen LogP contribution in [-0.4, -0.2) is 22.7 Å². The zero-order valence-electron chi connectivity index (χ0n) is 11.5. The number of carbonyl (C=O) groups is 1. The lowest BCUT2D eigenvalue weighted by Crippen LogP contribution is -2.64. The highest BCUT2D eigenvalue weighted by Crippen LogP contribution is 2.55. The number of hydrogen-bond donors (Lipinski definition) is 3. The highest BCUT2D eigenvalue weighted by atomic mass is 35.5. The maximum atomic E-state index is 11.0. The van der Waals surface area contributed by atoms with Crippen molar-refractivity contribution in [2.75, 3.05) is 0 Å². The Balaban J connectivity index is 0.00000133. The van der Waals surface area contributed by atoms with Crippen molar-refractivity contribution in [3.8, 4) is 0 Å². The summed E-state index contributed by atoms with van der Waals surface area (Å²) in [4.78, 5) is 11.0. The molecule has 4 aliphatic carbocycles. The maximum Gasteiger partial charge on any atom is 0.322 e. The fourth-order valence-corrected chi connectivity index (χ4v) is 4.84. The quantitative estimate of drug-likeness (QED) is 0.680. The molecule has 0 spiro atoms. The van der Waals surface area contributed by atoms with Gasteiger partial charge in [-0.25, -0.2) is 5.43 Å². The molecule has 5 heteroatoms. The Morgan fingerprint density at radius 3 is 2.05 bits per heavy atom. The molecule has 19 heavy (non-hydrogen) atoms. The van der Waals surface area contributed by atoms with Crippen molar-refractivity contribution in [2.45, 2.75) is 63.5 Å². The average Bonchev–Trinajstić information content (AvgIpc) is 2.27. The Labute approximate surface area is 121 Å². The van der Waals surface area contributed by atoms with E-state index in [4.69, 9.17) is 5.11 Å². The zero-order chi connectivity index (χ0) is 12.8. The number of carboxylic acids is 1. The smallest absolute Gasteiger partial charge is 0.322 e. The summed E-state index contributed by atoms with van der Waals surface area (Å²) in [5, 5.41) is 9.08. The molecule has 0 amide bonds. The third-order valence-corrected chi connectivity index (χ3v) is 5.26. The van der Waals surface area contributed by atoms with Crippen LogP contribution in [0.15, 0.2) is 0 Å². The van der Waals surface area contributed by atoms with Crippen LogP contribution in [0.2, 0.25) is 0 Å². The van der Waals surface area contributed by atoms with Crippen LogP contribution in [0.25, 0.3) is 0 Å². The number of hydrogen-bond acceptors (Lipinski definition) is 3. The van der Waals surface area contributed by atoms with Gasteiger partial charge >= 0.3 is 5.97 Å². The molecule has 1 atom stereocenters. The molecule has 4 bridgehead atoms. The number of aliphatic carboxylic acids is 1. The topological polar surface area (TPSA) is 61.4 Å². The molecule has 1 unspecified atom stereocenters. The molecule has 4 saturated carbocycles. The first-order valence-electron chi connectivity index (χ1n) is 7.36. The summed E-state index contributed by atoms with van der Waals surface area (Å²) in [7, 11) is 0. The van der Waals surface area contributed by atoms with Crippen LogP contribution in [0.5, 0.6) is 0 Å². The van der Waals surface area contributed by atoms with Gasteiger partial charge in [-0.1, -0.05) is 6.92 Å². The zero-order valence-corrected chi connectivity index (χ0v) is 12.3. The van der Waals surface area contributed by atoms with E-state index in [2.05, 4.69) is 10.9 Å². The summed E-state index contributed by atoms with van der Waals surface area (Å²) in [6.45, 7) is 1.91. The molecule has 110 valence electrons. The minimum atomic E-state index is -0.755. The molecule has 0 aliphatic heterocycles. The van der Waals surface area contributed by atoms with E-state index < -0.39 is 12.0 Å². The van der Waals surface area contributed by atoms with E-state index in [1.807, 2.05) is 6.92 Å². The van der Waals surface area contributed by atoms with Gasteiger partial charge in [-0.05, 0) is 62.7 Å². The van der Waals surface area contributed by atoms with E-state index >= 15 is 0 Å². The standard InChI is InChI=1S/C14H24N2O2.ClH/c1-2-12(13(17)18)15-16-14-6-9-3-10(7-14)5-11(4-9)8-14;/h9-12,15-16H,2-8H2,1H3,(H,17,18);1H. The summed E-state index contributed by atoms with van der Waals surface area (Å²) >= 11 is 0. The minimum absolute atomic E-state index is 0. The predicted molar refractivity (Wildman–Crippen MR) is 76.1 cm³/mol. The molecule has 0 aromatic heterocycles. The van der Waals surface area contributed by atoms with Gasteiger partial charge in [-0.15, -0.1) is 12.4 Å². The van der Waals surface area contributed by atoms with Gasteiger partial charge in [-0.3, -0.25) is 10.2 Å². The van der Waals surface area contributed by atoms with E-state index in [9.17, 15) is 4.79 Å². The van der Waals surface area contributed by atoms with Crippen LogP contribution >= 0.6 is 12.4 Å². The molecule has 0 radical (unpaired) electrons.